The van der Waals surface area contributed by atoms with Crippen LogP contribution in [-0.4, -0.2) is 48.7 Å². The molecule has 1 saturated heterocycles. The number of rotatable bonds is 5. The zero-order chi connectivity index (χ0) is 20.3. The Morgan fingerprint density at radius 1 is 1.25 bits per heavy atom. The van der Waals surface area contributed by atoms with Crippen molar-refractivity contribution in [1.29, 1.82) is 0 Å². The molecule has 2 N–H and O–H groups in total. The number of hydrogen-bond donors (Lipinski definition) is 2. The van der Waals surface area contributed by atoms with Gasteiger partial charge in [-0.15, -0.1) is 0 Å². The van der Waals surface area contributed by atoms with E-state index in [-0.39, 0.29) is 35.4 Å². The van der Waals surface area contributed by atoms with Gasteiger partial charge in [0, 0.05) is 24.6 Å². The summed E-state index contributed by atoms with van der Waals surface area (Å²) >= 11 is 0.903. The van der Waals surface area contributed by atoms with E-state index < -0.39 is 29.6 Å². The SMILES string of the molecule is CO[C@@H]1COC[C@@H]1NC(=O)c1cc(NC(=O)c2ccns2)cc(C(F)(F)F)c1. The van der Waals surface area contributed by atoms with Gasteiger partial charge in [-0.25, -0.2) is 4.37 Å². The Hall–Kier alpha value is -2.50. The normalized spacial score (nSPS) is 19.4. The van der Waals surface area contributed by atoms with Gasteiger partial charge >= 0.3 is 6.18 Å². The standard InChI is InChI=1S/C17H16F3N3O4S/c1-26-13-8-27-7-12(13)23-15(24)9-4-10(17(18,19)20)6-11(5-9)22-16(25)14-2-3-21-28-14/h2-6,12-13H,7-8H2,1H3,(H,22,25)(H,23,24)/t12-,13+/m0/s1. The summed E-state index contributed by atoms with van der Waals surface area (Å²) in [7, 11) is 1.45. The summed E-state index contributed by atoms with van der Waals surface area (Å²) in [6, 6.07) is 3.64. The number of methoxy groups -OCH3 is 1. The van der Waals surface area contributed by atoms with Crippen LogP contribution in [0, 0.1) is 0 Å². The zero-order valence-electron chi connectivity index (χ0n) is 14.6. The van der Waals surface area contributed by atoms with Crippen LogP contribution in [-0.2, 0) is 15.7 Å². The first-order valence-electron chi connectivity index (χ1n) is 8.13. The molecule has 1 fully saturated rings. The number of carbonyl (C=O) groups excluding carboxylic acids is 2. The highest BCUT2D eigenvalue weighted by Gasteiger charge is 2.33. The van der Waals surface area contributed by atoms with Gasteiger partial charge in [0.15, 0.2) is 0 Å². The summed E-state index contributed by atoms with van der Waals surface area (Å²) in [6.07, 6.45) is -3.67. The van der Waals surface area contributed by atoms with E-state index in [0.29, 0.717) is 0 Å². The van der Waals surface area contributed by atoms with Crippen LogP contribution < -0.4 is 10.6 Å². The minimum Gasteiger partial charge on any atom is -0.377 e. The Bertz CT molecular complexity index is 858. The van der Waals surface area contributed by atoms with Gasteiger partial charge in [-0.1, -0.05) is 0 Å². The molecule has 0 aliphatic carbocycles. The molecule has 0 radical (unpaired) electrons. The molecule has 1 aromatic heterocycles. The lowest BCUT2D eigenvalue weighted by Crippen LogP contribution is -2.43. The lowest BCUT2D eigenvalue weighted by atomic mass is 10.1. The van der Waals surface area contributed by atoms with E-state index in [1.165, 1.54) is 25.4 Å². The highest BCUT2D eigenvalue weighted by atomic mass is 32.1. The Balaban J connectivity index is 1.85. The summed E-state index contributed by atoms with van der Waals surface area (Å²) in [5.41, 5.74) is -1.44. The van der Waals surface area contributed by atoms with Crippen molar-refractivity contribution in [3.05, 3.63) is 46.5 Å². The Kier molecular flexibility index (Phi) is 5.96. The van der Waals surface area contributed by atoms with Crippen molar-refractivity contribution >= 4 is 29.0 Å². The number of anilines is 1. The van der Waals surface area contributed by atoms with Gasteiger partial charge in [-0.05, 0) is 35.8 Å². The molecular formula is C17H16F3N3O4S. The van der Waals surface area contributed by atoms with E-state index in [4.69, 9.17) is 9.47 Å². The summed E-state index contributed by atoms with van der Waals surface area (Å²) in [5.74, 6) is -1.34. The lowest BCUT2D eigenvalue weighted by Gasteiger charge is -2.18. The smallest absolute Gasteiger partial charge is 0.377 e. The second-order valence-electron chi connectivity index (χ2n) is 6.02. The first-order chi connectivity index (χ1) is 13.3. The number of benzene rings is 1. The molecule has 3 rings (SSSR count). The molecule has 1 aliphatic rings. The van der Waals surface area contributed by atoms with Crippen LogP contribution in [0.15, 0.2) is 30.5 Å². The van der Waals surface area contributed by atoms with Crippen LogP contribution in [0.1, 0.15) is 25.6 Å². The van der Waals surface area contributed by atoms with Crippen LogP contribution in [0.25, 0.3) is 0 Å². The van der Waals surface area contributed by atoms with Crippen LogP contribution >= 0.6 is 11.5 Å². The van der Waals surface area contributed by atoms with Gasteiger partial charge in [0.05, 0.1) is 24.8 Å². The van der Waals surface area contributed by atoms with Crippen molar-refractivity contribution in [3.63, 3.8) is 0 Å². The van der Waals surface area contributed by atoms with Crippen molar-refractivity contribution < 1.29 is 32.2 Å². The second kappa shape index (κ2) is 8.25. The first-order valence-corrected chi connectivity index (χ1v) is 8.91. The van der Waals surface area contributed by atoms with Gasteiger partial charge < -0.3 is 20.1 Å². The number of halogens is 3. The highest BCUT2D eigenvalue weighted by molar-refractivity contribution is 7.08. The van der Waals surface area contributed by atoms with Gasteiger partial charge in [-0.2, -0.15) is 13.2 Å². The van der Waals surface area contributed by atoms with E-state index in [1.54, 1.807) is 0 Å². The number of carbonyl (C=O) groups is 2. The second-order valence-corrected chi connectivity index (χ2v) is 6.85. The Morgan fingerprint density at radius 3 is 2.68 bits per heavy atom. The maximum atomic E-state index is 13.3. The van der Waals surface area contributed by atoms with Crippen molar-refractivity contribution in [1.82, 2.24) is 9.69 Å². The lowest BCUT2D eigenvalue weighted by molar-refractivity contribution is -0.137. The van der Waals surface area contributed by atoms with Crippen LogP contribution in [0.5, 0.6) is 0 Å². The summed E-state index contributed by atoms with van der Waals surface area (Å²) in [6.45, 7) is 0.471. The number of nitrogens with zero attached hydrogens (tertiary/aromatic N) is 1. The largest absolute Gasteiger partial charge is 0.416 e. The van der Waals surface area contributed by atoms with Crippen LogP contribution in [0.2, 0.25) is 0 Å². The average Bonchev–Trinajstić information content (AvgIpc) is 3.32. The van der Waals surface area contributed by atoms with Crippen LogP contribution in [0.3, 0.4) is 0 Å². The third kappa shape index (κ3) is 4.66. The molecule has 0 saturated carbocycles. The fourth-order valence-electron chi connectivity index (χ4n) is 2.67. The summed E-state index contributed by atoms with van der Waals surface area (Å²) in [4.78, 5) is 24.9. The van der Waals surface area contributed by atoms with E-state index in [1.807, 2.05) is 0 Å². The van der Waals surface area contributed by atoms with Crippen molar-refractivity contribution in [2.45, 2.75) is 18.3 Å². The number of alkyl halides is 3. The number of nitrogens with one attached hydrogen (secondary N) is 2. The number of amides is 2. The quantitative estimate of drug-likeness (QED) is 0.784. The Labute approximate surface area is 162 Å². The molecule has 2 aromatic rings. The number of ether oxygens (including phenoxy) is 2. The van der Waals surface area contributed by atoms with Gasteiger partial charge in [0.1, 0.15) is 11.0 Å². The molecule has 150 valence electrons. The molecule has 1 aliphatic heterocycles. The topological polar surface area (TPSA) is 89.5 Å². The van der Waals surface area contributed by atoms with Crippen LogP contribution in [0.4, 0.5) is 18.9 Å². The maximum absolute atomic E-state index is 13.3. The first kappa shape index (κ1) is 20.2. The fourth-order valence-corrected chi connectivity index (χ4v) is 3.16. The summed E-state index contributed by atoms with van der Waals surface area (Å²) in [5, 5.41) is 4.97. The molecule has 0 unspecified atom stereocenters. The number of aromatic nitrogens is 1. The monoisotopic (exact) mass is 415 g/mol. The third-order valence-corrected chi connectivity index (χ3v) is 4.83. The zero-order valence-corrected chi connectivity index (χ0v) is 15.4. The Morgan fingerprint density at radius 2 is 2.04 bits per heavy atom. The highest BCUT2D eigenvalue weighted by Crippen LogP contribution is 2.32. The molecule has 2 heterocycles. The van der Waals surface area contributed by atoms with Crippen molar-refractivity contribution in [3.8, 4) is 0 Å². The van der Waals surface area contributed by atoms with E-state index in [2.05, 4.69) is 15.0 Å². The molecular weight excluding hydrogens is 399 g/mol. The summed E-state index contributed by atoms with van der Waals surface area (Å²) < 4.78 is 53.9. The van der Waals surface area contributed by atoms with E-state index in [0.717, 1.165) is 23.7 Å². The third-order valence-electron chi connectivity index (χ3n) is 4.09. The molecule has 1 aromatic carbocycles. The van der Waals surface area contributed by atoms with Crippen molar-refractivity contribution in [2.75, 3.05) is 25.6 Å². The van der Waals surface area contributed by atoms with E-state index >= 15 is 0 Å². The van der Waals surface area contributed by atoms with Gasteiger partial charge in [0.2, 0.25) is 0 Å². The molecule has 7 nitrogen and oxygen atoms in total. The minimum atomic E-state index is -4.69. The predicted octanol–water partition coefficient (Wildman–Crippen LogP) is 2.56. The molecule has 0 bridgehead atoms. The minimum absolute atomic E-state index is 0.149. The van der Waals surface area contributed by atoms with E-state index in [9.17, 15) is 22.8 Å². The van der Waals surface area contributed by atoms with Gasteiger partial charge in [0.25, 0.3) is 11.8 Å². The van der Waals surface area contributed by atoms with Crippen molar-refractivity contribution in [2.24, 2.45) is 0 Å². The maximum Gasteiger partial charge on any atom is 0.416 e. The van der Waals surface area contributed by atoms with Gasteiger partial charge in [-0.3, -0.25) is 9.59 Å². The molecule has 2 atom stereocenters. The molecule has 28 heavy (non-hydrogen) atoms. The average molecular weight is 415 g/mol. The molecule has 11 heteroatoms. The molecule has 0 spiro atoms. The fraction of sp³-hybridized carbons (Fsp3) is 0.353. The molecule has 2 amide bonds. The predicted molar refractivity (Wildman–Crippen MR) is 94.4 cm³/mol. The number of hydrogen-bond acceptors (Lipinski definition) is 6.